The maximum absolute atomic E-state index is 13.5. The number of amides is 2. The Bertz CT molecular complexity index is 1020. The fourth-order valence-electron chi connectivity index (χ4n) is 6.81. The van der Waals surface area contributed by atoms with Gasteiger partial charge in [-0.1, -0.05) is 47.1 Å². The van der Waals surface area contributed by atoms with Gasteiger partial charge in [0.2, 0.25) is 5.91 Å². The topological polar surface area (TPSA) is 110 Å². The molecule has 2 amide bonds. The van der Waals surface area contributed by atoms with Gasteiger partial charge in [0.1, 0.15) is 11.7 Å². The van der Waals surface area contributed by atoms with E-state index in [1.807, 2.05) is 6.07 Å². The second kappa shape index (κ2) is 11.3. The van der Waals surface area contributed by atoms with Crippen molar-refractivity contribution in [3.8, 4) is 0 Å². The molecule has 4 aliphatic rings. The monoisotopic (exact) mass is 527 g/mol. The number of aliphatic hydroxyl groups is 1. The van der Waals surface area contributed by atoms with Crippen LogP contribution in [-0.2, 0) is 20.5 Å². The smallest absolute Gasteiger partial charge is 0.404 e. The summed E-state index contributed by atoms with van der Waals surface area (Å²) in [5, 5.41) is 16.2. The van der Waals surface area contributed by atoms with Crippen LogP contribution in [0.25, 0.3) is 0 Å². The molecule has 2 heterocycles. The average Bonchev–Trinajstić information content (AvgIpc) is 3.22. The zero-order valence-electron chi connectivity index (χ0n) is 24.1. The lowest BCUT2D eigenvalue weighted by atomic mass is 9.43. The zero-order chi connectivity index (χ0) is 27.8. The summed E-state index contributed by atoms with van der Waals surface area (Å²) in [6.07, 6.45) is 4.49. The maximum atomic E-state index is 13.5. The Morgan fingerprint density at radius 1 is 1.18 bits per heavy atom. The van der Waals surface area contributed by atoms with E-state index in [1.54, 1.807) is 12.1 Å². The molecule has 0 radical (unpaired) electrons. The van der Waals surface area contributed by atoms with Crippen LogP contribution in [0.4, 0.5) is 0 Å². The molecule has 5 rings (SSSR count). The van der Waals surface area contributed by atoms with Gasteiger partial charge >= 0.3 is 7.12 Å². The van der Waals surface area contributed by atoms with Crippen molar-refractivity contribution in [3.63, 3.8) is 0 Å². The van der Waals surface area contributed by atoms with Gasteiger partial charge in [-0.25, -0.2) is 4.98 Å². The van der Waals surface area contributed by atoms with Gasteiger partial charge in [0, 0.05) is 5.69 Å². The molecule has 38 heavy (non-hydrogen) atoms. The molecular weight excluding hydrogens is 481 g/mol. The van der Waals surface area contributed by atoms with Crippen molar-refractivity contribution in [1.29, 1.82) is 0 Å². The van der Waals surface area contributed by atoms with Crippen molar-refractivity contribution in [2.24, 2.45) is 23.2 Å². The number of carbonyl (C=O) groups excluding carboxylic acids is 2. The van der Waals surface area contributed by atoms with Crippen LogP contribution in [0, 0.1) is 23.2 Å². The number of nitrogens with one attached hydrogen (secondary N) is 2. The molecule has 0 unspecified atom stereocenters. The molecule has 1 saturated heterocycles. The third kappa shape index (κ3) is 5.66. The number of carbonyl (C=O) groups is 2. The lowest BCUT2D eigenvalue weighted by Crippen LogP contribution is -2.65. The summed E-state index contributed by atoms with van der Waals surface area (Å²) in [6, 6.07) is 4.18. The van der Waals surface area contributed by atoms with Crippen molar-refractivity contribution in [2.75, 3.05) is 0 Å². The first-order valence-corrected chi connectivity index (χ1v) is 14.4. The predicted molar refractivity (Wildman–Crippen MR) is 147 cm³/mol. The Labute approximate surface area is 228 Å². The lowest BCUT2D eigenvalue weighted by Gasteiger charge is -2.64. The third-order valence-corrected chi connectivity index (χ3v) is 9.23. The minimum Gasteiger partial charge on any atom is -0.404 e. The minimum absolute atomic E-state index is 0.00848. The van der Waals surface area contributed by atoms with Crippen LogP contribution in [0.5, 0.6) is 0 Å². The van der Waals surface area contributed by atoms with E-state index in [0.717, 1.165) is 37.8 Å². The van der Waals surface area contributed by atoms with E-state index in [0.29, 0.717) is 18.3 Å². The van der Waals surface area contributed by atoms with Gasteiger partial charge in [0.15, 0.2) is 0 Å². The van der Waals surface area contributed by atoms with E-state index in [9.17, 15) is 14.7 Å². The molecule has 3 aliphatic carbocycles. The van der Waals surface area contributed by atoms with Crippen LogP contribution in [-0.4, -0.2) is 58.8 Å². The number of aliphatic hydroxyl groups excluding tert-OH is 1. The van der Waals surface area contributed by atoms with Crippen LogP contribution in [0.15, 0.2) is 18.2 Å². The number of hydrogen-bond donors (Lipinski definition) is 3. The summed E-state index contributed by atoms with van der Waals surface area (Å²) < 4.78 is 13.1. The first-order valence-electron chi connectivity index (χ1n) is 14.4. The summed E-state index contributed by atoms with van der Waals surface area (Å²) in [7, 11) is -0.575. The summed E-state index contributed by atoms with van der Waals surface area (Å²) in [4.78, 5) is 30.9. The Hall–Kier alpha value is -1.97. The van der Waals surface area contributed by atoms with Gasteiger partial charge in [-0.05, 0) is 81.3 Å². The Balaban J connectivity index is 1.45. The van der Waals surface area contributed by atoms with Crippen molar-refractivity contribution >= 4 is 18.9 Å². The van der Waals surface area contributed by atoms with Gasteiger partial charge in [-0.15, -0.1) is 0 Å². The molecule has 8 nitrogen and oxygen atoms in total. The first kappa shape index (κ1) is 29.0. The van der Waals surface area contributed by atoms with Gasteiger partial charge in [-0.3, -0.25) is 9.59 Å². The summed E-state index contributed by atoms with van der Waals surface area (Å²) in [5.41, 5.74) is 0.914. The highest BCUT2D eigenvalue weighted by molar-refractivity contribution is 6.48. The van der Waals surface area contributed by atoms with E-state index < -0.39 is 37.0 Å². The van der Waals surface area contributed by atoms with Gasteiger partial charge in [-0.2, -0.15) is 0 Å². The van der Waals surface area contributed by atoms with Gasteiger partial charge < -0.3 is 25.0 Å². The zero-order valence-corrected chi connectivity index (χ0v) is 24.1. The highest BCUT2D eigenvalue weighted by Gasteiger charge is 2.68. The molecule has 0 spiro atoms. The van der Waals surface area contributed by atoms with Crippen LogP contribution in [0.2, 0.25) is 0 Å². The number of aryl methyl sites for hydroxylation is 1. The number of pyridine rings is 1. The molecular formula is C29H46BN3O5. The van der Waals surface area contributed by atoms with Crippen molar-refractivity contribution in [1.82, 2.24) is 15.6 Å². The highest BCUT2D eigenvalue weighted by Crippen LogP contribution is 2.65. The molecule has 1 aromatic heterocycles. The summed E-state index contributed by atoms with van der Waals surface area (Å²) in [6.45, 7) is 14.6. The fraction of sp³-hybridized carbons (Fsp3) is 0.759. The quantitative estimate of drug-likeness (QED) is 0.379. The van der Waals surface area contributed by atoms with Crippen molar-refractivity contribution in [3.05, 3.63) is 29.6 Å². The SMILES string of the molecule is CCCCc1cccc(C(=O)N[C@H](C(=O)N[C@@H](CC(C)C)B2O[C@@H]3C[C@H]4C[C@H](C4(C)C)[C@]3(C)O2)[C@@H](C)O)n1. The van der Waals surface area contributed by atoms with E-state index in [2.05, 4.69) is 57.2 Å². The third-order valence-electron chi connectivity index (χ3n) is 9.23. The molecule has 1 aromatic rings. The molecule has 2 bridgehead atoms. The van der Waals surface area contributed by atoms with Crippen LogP contribution in [0.1, 0.15) is 96.8 Å². The second-order valence-corrected chi connectivity index (χ2v) is 12.9. The number of unbranched alkanes of at least 4 members (excludes halogenated alkanes) is 1. The largest absolute Gasteiger partial charge is 0.481 e. The first-order chi connectivity index (χ1) is 17.9. The minimum atomic E-state index is -1.13. The molecule has 210 valence electrons. The van der Waals surface area contributed by atoms with Crippen molar-refractivity contribution < 1.29 is 24.0 Å². The Morgan fingerprint density at radius 2 is 1.92 bits per heavy atom. The van der Waals surface area contributed by atoms with E-state index in [4.69, 9.17) is 9.31 Å². The summed E-state index contributed by atoms with van der Waals surface area (Å²) >= 11 is 0. The average molecular weight is 528 g/mol. The predicted octanol–water partition coefficient (Wildman–Crippen LogP) is 3.70. The lowest BCUT2D eigenvalue weighted by molar-refractivity contribution is -0.199. The molecule has 9 heteroatoms. The molecule has 3 saturated carbocycles. The van der Waals surface area contributed by atoms with Crippen LogP contribution >= 0.6 is 0 Å². The number of nitrogens with zero attached hydrogens (tertiary/aromatic N) is 1. The number of rotatable bonds is 11. The van der Waals surface area contributed by atoms with Crippen LogP contribution < -0.4 is 10.6 Å². The van der Waals surface area contributed by atoms with E-state index in [1.165, 1.54) is 6.92 Å². The maximum Gasteiger partial charge on any atom is 0.481 e. The Kier molecular flexibility index (Phi) is 8.60. The molecule has 3 N–H and O–H groups in total. The van der Waals surface area contributed by atoms with Gasteiger partial charge in [0.05, 0.1) is 23.8 Å². The van der Waals surface area contributed by atoms with E-state index >= 15 is 0 Å². The van der Waals surface area contributed by atoms with Crippen molar-refractivity contribution in [2.45, 2.75) is 117 Å². The highest BCUT2D eigenvalue weighted by atomic mass is 16.7. The normalized spacial score (nSPS) is 29.7. The van der Waals surface area contributed by atoms with Crippen LogP contribution in [0.3, 0.4) is 0 Å². The number of aromatic nitrogens is 1. The van der Waals surface area contributed by atoms with Gasteiger partial charge in [0.25, 0.3) is 5.91 Å². The molecule has 0 aromatic carbocycles. The Morgan fingerprint density at radius 3 is 2.55 bits per heavy atom. The molecule has 4 fully saturated rings. The molecule has 7 atom stereocenters. The second-order valence-electron chi connectivity index (χ2n) is 12.9. The summed E-state index contributed by atoms with van der Waals surface area (Å²) in [5.74, 6) is -0.0162. The fourth-order valence-corrected chi connectivity index (χ4v) is 6.81. The molecule has 1 aliphatic heterocycles. The standard InChI is InChI=1S/C29H46BN3O5/c1-8-9-11-20-12-10-13-21(31-20)26(35)33-25(18(4)34)27(36)32-24(14-17(2)3)30-37-23-16-19-15-22(28(19,5)6)29(23,7)38-30/h10,12-13,17-19,22-25,34H,8-9,11,14-16H2,1-7H3,(H,32,36)(H,33,35)/t18-,19-,22-,23-,24+,25+,29+/m1/s1. The number of hydrogen-bond acceptors (Lipinski definition) is 6. The van der Waals surface area contributed by atoms with E-state index in [-0.39, 0.29) is 28.7 Å².